The molecule has 94 valence electrons. The highest BCUT2D eigenvalue weighted by Crippen LogP contribution is 2.33. The maximum atomic E-state index is 5.29. The minimum Gasteiger partial charge on any atom is -0.383 e. The van der Waals surface area contributed by atoms with Crippen LogP contribution in [0, 0.1) is 5.92 Å². The Bertz CT molecular complexity index is 348. The molecule has 1 aromatic rings. The molecule has 1 aromatic carbocycles. The fourth-order valence-electron chi connectivity index (χ4n) is 2.17. The minimum atomic E-state index is 0.379. The van der Waals surface area contributed by atoms with Crippen molar-refractivity contribution in [2.24, 2.45) is 5.92 Å². The molecule has 0 aromatic heterocycles. The molecule has 1 aliphatic carbocycles. The first kappa shape index (κ1) is 13.1. The van der Waals surface area contributed by atoms with E-state index in [9.17, 15) is 0 Å². The lowest BCUT2D eigenvalue weighted by molar-refractivity contribution is 0.152. The van der Waals surface area contributed by atoms with Gasteiger partial charge in [0.25, 0.3) is 0 Å². The lowest BCUT2D eigenvalue weighted by Crippen LogP contribution is -2.36. The van der Waals surface area contributed by atoms with Crippen molar-refractivity contribution in [2.45, 2.75) is 31.8 Å². The van der Waals surface area contributed by atoms with E-state index < -0.39 is 0 Å². The van der Waals surface area contributed by atoms with Crippen LogP contribution in [0.4, 0.5) is 0 Å². The molecule has 0 radical (unpaired) electrons. The predicted octanol–water partition coefficient (Wildman–Crippen LogP) is 3.52. The van der Waals surface area contributed by atoms with Crippen LogP contribution in [0.25, 0.3) is 0 Å². The summed E-state index contributed by atoms with van der Waals surface area (Å²) in [4.78, 5) is 0. The van der Waals surface area contributed by atoms with Gasteiger partial charge in [-0.05, 0) is 43.4 Å². The zero-order valence-corrected chi connectivity index (χ0v) is 12.0. The Balaban J connectivity index is 1.94. The second-order valence-corrected chi connectivity index (χ2v) is 5.75. The third-order valence-electron chi connectivity index (χ3n) is 3.37. The molecule has 1 saturated carbocycles. The van der Waals surface area contributed by atoms with E-state index in [-0.39, 0.29) is 0 Å². The van der Waals surface area contributed by atoms with Crippen LogP contribution in [0.5, 0.6) is 0 Å². The number of halogens is 1. The van der Waals surface area contributed by atoms with Crippen molar-refractivity contribution < 1.29 is 4.74 Å². The minimum absolute atomic E-state index is 0.379. The number of ether oxygens (including phenoxy) is 1. The Morgan fingerprint density at radius 3 is 2.53 bits per heavy atom. The van der Waals surface area contributed by atoms with Crippen LogP contribution in [0.2, 0.25) is 0 Å². The number of hydrogen-bond acceptors (Lipinski definition) is 2. The monoisotopic (exact) mass is 297 g/mol. The molecule has 17 heavy (non-hydrogen) atoms. The van der Waals surface area contributed by atoms with Gasteiger partial charge in [-0.15, -0.1) is 0 Å². The third-order valence-corrected chi connectivity index (χ3v) is 3.90. The van der Waals surface area contributed by atoms with Crippen LogP contribution in [0.15, 0.2) is 28.7 Å². The van der Waals surface area contributed by atoms with Gasteiger partial charge < -0.3 is 10.1 Å². The predicted molar refractivity (Wildman–Crippen MR) is 74.1 cm³/mol. The van der Waals surface area contributed by atoms with E-state index in [0.29, 0.717) is 12.1 Å². The van der Waals surface area contributed by atoms with Crippen LogP contribution in [-0.4, -0.2) is 19.8 Å². The average Bonchev–Trinajstić information content (AvgIpc) is 3.13. The summed E-state index contributed by atoms with van der Waals surface area (Å²) in [6.45, 7) is 3.03. The van der Waals surface area contributed by atoms with Crippen LogP contribution in [0.1, 0.15) is 31.4 Å². The van der Waals surface area contributed by atoms with Crippen molar-refractivity contribution in [1.82, 2.24) is 5.32 Å². The summed E-state index contributed by atoms with van der Waals surface area (Å²) in [5.41, 5.74) is 1.33. The lowest BCUT2D eigenvalue weighted by atomic mass is 10.1. The summed E-state index contributed by atoms with van der Waals surface area (Å²) in [6.07, 6.45) is 2.68. The molecular weight excluding hydrogens is 278 g/mol. The van der Waals surface area contributed by atoms with E-state index in [1.807, 2.05) is 0 Å². The zero-order chi connectivity index (χ0) is 12.3. The summed E-state index contributed by atoms with van der Waals surface area (Å²) in [5, 5.41) is 3.68. The first-order valence-electron chi connectivity index (χ1n) is 6.21. The van der Waals surface area contributed by atoms with Crippen LogP contribution in [0.3, 0.4) is 0 Å². The molecular formula is C14H20BrNO. The molecule has 0 spiro atoms. The fourth-order valence-corrected chi connectivity index (χ4v) is 2.43. The van der Waals surface area contributed by atoms with Crippen molar-refractivity contribution in [3.05, 3.63) is 34.3 Å². The molecule has 3 heteroatoms. The van der Waals surface area contributed by atoms with E-state index in [1.54, 1.807) is 7.11 Å². The Morgan fingerprint density at radius 1 is 1.35 bits per heavy atom. The average molecular weight is 298 g/mol. The smallest absolute Gasteiger partial charge is 0.0618 e. The molecule has 1 aliphatic rings. The topological polar surface area (TPSA) is 21.3 Å². The van der Waals surface area contributed by atoms with Gasteiger partial charge in [-0.2, -0.15) is 0 Å². The Hall–Kier alpha value is -0.380. The molecule has 0 aliphatic heterocycles. The standard InChI is InChI=1S/C14H20BrNO/c1-10(11-5-7-13(15)8-6-11)16-14(9-17-2)12-3-4-12/h5-8,10,12,14,16H,3-4,9H2,1-2H3. The molecule has 0 bridgehead atoms. The first-order chi connectivity index (χ1) is 8.20. The van der Waals surface area contributed by atoms with E-state index in [2.05, 4.69) is 52.4 Å². The Morgan fingerprint density at radius 2 is 2.00 bits per heavy atom. The normalized spacial score (nSPS) is 19.0. The maximum Gasteiger partial charge on any atom is 0.0618 e. The molecule has 1 fully saturated rings. The number of methoxy groups -OCH3 is 1. The first-order valence-corrected chi connectivity index (χ1v) is 7.00. The molecule has 2 rings (SSSR count). The highest BCUT2D eigenvalue weighted by Gasteiger charge is 2.31. The van der Waals surface area contributed by atoms with Gasteiger partial charge in [0.2, 0.25) is 0 Å². The van der Waals surface area contributed by atoms with Gasteiger partial charge >= 0.3 is 0 Å². The van der Waals surface area contributed by atoms with Gasteiger partial charge in [0.05, 0.1) is 6.61 Å². The van der Waals surface area contributed by atoms with Crippen molar-refractivity contribution in [2.75, 3.05) is 13.7 Å². The summed E-state index contributed by atoms with van der Waals surface area (Å²) >= 11 is 3.46. The number of hydrogen-bond donors (Lipinski definition) is 1. The summed E-state index contributed by atoms with van der Waals surface area (Å²) < 4.78 is 6.42. The highest BCUT2D eigenvalue weighted by atomic mass is 79.9. The van der Waals surface area contributed by atoms with E-state index in [4.69, 9.17) is 4.74 Å². The number of rotatable bonds is 6. The lowest BCUT2D eigenvalue weighted by Gasteiger charge is -2.23. The third kappa shape index (κ3) is 3.80. The maximum absolute atomic E-state index is 5.29. The van der Waals surface area contributed by atoms with E-state index in [0.717, 1.165) is 17.0 Å². The van der Waals surface area contributed by atoms with E-state index in [1.165, 1.54) is 18.4 Å². The molecule has 2 nitrogen and oxygen atoms in total. The van der Waals surface area contributed by atoms with Crippen molar-refractivity contribution in [3.63, 3.8) is 0 Å². The Kier molecular flexibility index (Phi) is 4.60. The molecule has 0 amide bonds. The summed E-state index contributed by atoms with van der Waals surface area (Å²) in [5.74, 6) is 0.813. The second kappa shape index (κ2) is 5.98. The molecule has 1 N–H and O–H groups in total. The molecule has 0 heterocycles. The van der Waals surface area contributed by atoms with Crippen LogP contribution >= 0.6 is 15.9 Å². The largest absolute Gasteiger partial charge is 0.383 e. The Labute approximate surface area is 112 Å². The number of benzene rings is 1. The van der Waals surface area contributed by atoms with Gasteiger partial charge in [-0.1, -0.05) is 28.1 Å². The van der Waals surface area contributed by atoms with Gasteiger partial charge in [0, 0.05) is 23.7 Å². The summed E-state index contributed by atoms with van der Waals surface area (Å²) in [7, 11) is 1.78. The van der Waals surface area contributed by atoms with Gasteiger partial charge in [0.1, 0.15) is 0 Å². The van der Waals surface area contributed by atoms with Crippen molar-refractivity contribution in [1.29, 1.82) is 0 Å². The van der Waals surface area contributed by atoms with Gasteiger partial charge in [-0.25, -0.2) is 0 Å². The van der Waals surface area contributed by atoms with Crippen molar-refractivity contribution >= 4 is 15.9 Å². The zero-order valence-electron chi connectivity index (χ0n) is 10.4. The van der Waals surface area contributed by atoms with Gasteiger partial charge in [-0.3, -0.25) is 0 Å². The van der Waals surface area contributed by atoms with E-state index >= 15 is 0 Å². The summed E-state index contributed by atoms with van der Waals surface area (Å²) in [6, 6.07) is 9.39. The highest BCUT2D eigenvalue weighted by molar-refractivity contribution is 9.10. The molecule has 2 atom stereocenters. The fraction of sp³-hybridized carbons (Fsp3) is 0.571. The van der Waals surface area contributed by atoms with Crippen LogP contribution in [-0.2, 0) is 4.74 Å². The quantitative estimate of drug-likeness (QED) is 0.867. The molecule has 0 saturated heterocycles. The second-order valence-electron chi connectivity index (χ2n) is 4.84. The van der Waals surface area contributed by atoms with Gasteiger partial charge in [0.15, 0.2) is 0 Å². The molecule has 2 unspecified atom stereocenters. The number of nitrogens with one attached hydrogen (secondary N) is 1. The van der Waals surface area contributed by atoms with Crippen molar-refractivity contribution in [3.8, 4) is 0 Å². The van der Waals surface area contributed by atoms with Crippen LogP contribution < -0.4 is 5.32 Å². The SMILES string of the molecule is COCC(NC(C)c1ccc(Br)cc1)C1CC1.